The molecule has 0 aliphatic heterocycles. The van der Waals surface area contributed by atoms with Crippen molar-refractivity contribution in [1.29, 1.82) is 0 Å². The Bertz CT molecular complexity index is 303. The zero-order valence-corrected chi connectivity index (χ0v) is 8.99. The van der Waals surface area contributed by atoms with Crippen LogP contribution < -0.4 is 0 Å². The zero-order valence-electron chi connectivity index (χ0n) is 8.99. The molecule has 2 N–H and O–H groups in total. The summed E-state index contributed by atoms with van der Waals surface area (Å²) in [6.45, 7) is 5.87. The molecule has 0 spiro atoms. The number of aliphatic hydroxyl groups is 1. The van der Waals surface area contributed by atoms with E-state index in [0.717, 1.165) is 12.0 Å². The van der Waals surface area contributed by atoms with Crippen LogP contribution in [0.4, 0.5) is 0 Å². The van der Waals surface area contributed by atoms with Crippen molar-refractivity contribution in [2.75, 3.05) is 0 Å². The van der Waals surface area contributed by atoms with Crippen molar-refractivity contribution in [1.82, 2.24) is 0 Å². The Morgan fingerprint density at radius 3 is 2.36 bits per heavy atom. The Labute approximate surface area is 85.2 Å². The SMILES string of the molecule is CC(C)Cc1cccc(C(C)O)c1O. The summed E-state index contributed by atoms with van der Waals surface area (Å²) in [5.74, 6) is 0.751. The molecule has 0 aliphatic carbocycles. The molecule has 1 aromatic carbocycles. The maximum atomic E-state index is 9.85. The predicted molar refractivity (Wildman–Crippen MR) is 57.3 cm³/mol. The summed E-state index contributed by atoms with van der Waals surface area (Å²) in [5, 5.41) is 19.3. The summed E-state index contributed by atoms with van der Waals surface area (Å²) >= 11 is 0. The third kappa shape index (κ3) is 2.48. The van der Waals surface area contributed by atoms with Crippen LogP contribution in [0.5, 0.6) is 5.75 Å². The van der Waals surface area contributed by atoms with Crippen LogP contribution in [0, 0.1) is 5.92 Å². The molecule has 0 amide bonds. The number of aromatic hydroxyl groups is 1. The van der Waals surface area contributed by atoms with Crippen LogP contribution in [-0.2, 0) is 6.42 Å². The molecule has 2 nitrogen and oxygen atoms in total. The summed E-state index contributed by atoms with van der Waals surface area (Å²) < 4.78 is 0. The van der Waals surface area contributed by atoms with E-state index in [1.807, 2.05) is 12.1 Å². The van der Waals surface area contributed by atoms with E-state index in [9.17, 15) is 10.2 Å². The van der Waals surface area contributed by atoms with Gasteiger partial charge in [-0.1, -0.05) is 32.0 Å². The van der Waals surface area contributed by atoms with Crippen molar-refractivity contribution < 1.29 is 10.2 Å². The van der Waals surface area contributed by atoms with E-state index in [2.05, 4.69) is 13.8 Å². The quantitative estimate of drug-likeness (QED) is 0.776. The maximum absolute atomic E-state index is 9.85. The molecule has 0 heterocycles. The summed E-state index contributed by atoms with van der Waals surface area (Å²) in [4.78, 5) is 0. The number of phenols is 1. The fourth-order valence-corrected chi connectivity index (χ4v) is 1.55. The van der Waals surface area contributed by atoms with Crippen molar-refractivity contribution in [3.05, 3.63) is 29.3 Å². The van der Waals surface area contributed by atoms with Crippen molar-refractivity contribution in [2.24, 2.45) is 5.92 Å². The molecule has 0 aliphatic rings. The van der Waals surface area contributed by atoms with Gasteiger partial charge in [0.2, 0.25) is 0 Å². The van der Waals surface area contributed by atoms with Crippen LogP contribution in [-0.4, -0.2) is 10.2 Å². The topological polar surface area (TPSA) is 40.5 Å². The van der Waals surface area contributed by atoms with E-state index >= 15 is 0 Å². The normalized spacial score (nSPS) is 13.2. The molecule has 14 heavy (non-hydrogen) atoms. The highest BCUT2D eigenvalue weighted by molar-refractivity contribution is 5.41. The number of aliphatic hydroxyl groups excluding tert-OH is 1. The number of rotatable bonds is 3. The first-order valence-electron chi connectivity index (χ1n) is 5.01. The predicted octanol–water partition coefficient (Wildman–Crippen LogP) is 2.64. The van der Waals surface area contributed by atoms with Gasteiger partial charge in [0.15, 0.2) is 0 Å². The van der Waals surface area contributed by atoms with Crippen LogP contribution in [0.2, 0.25) is 0 Å². The number of phenolic OH excluding ortho intramolecular Hbond substituents is 1. The Balaban J connectivity index is 3.01. The molecule has 0 fully saturated rings. The third-order valence-corrected chi connectivity index (χ3v) is 2.23. The van der Waals surface area contributed by atoms with E-state index in [4.69, 9.17) is 0 Å². The Morgan fingerprint density at radius 2 is 1.86 bits per heavy atom. The van der Waals surface area contributed by atoms with Gasteiger partial charge in [-0.25, -0.2) is 0 Å². The number of hydrogen-bond donors (Lipinski definition) is 2. The highest BCUT2D eigenvalue weighted by atomic mass is 16.3. The average Bonchev–Trinajstić information content (AvgIpc) is 2.07. The van der Waals surface area contributed by atoms with Gasteiger partial charge in [-0.05, 0) is 24.8 Å². The molecule has 0 saturated carbocycles. The van der Waals surface area contributed by atoms with Gasteiger partial charge in [0.05, 0.1) is 6.10 Å². The van der Waals surface area contributed by atoms with Gasteiger partial charge in [-0.15, -0.1) is 0 Å². The van der Waals surface area contributed by atoms with Gasteiger partial charge in [-0.3, -0.25) is 0 Å². The standard InChI is InChI=1S/C12H18O2/c1-8(2)7-10-5-4-6-11(9(3)13)12(10)14/h4-6,8-9,13-14H,7H2,1-3H3. The Hall–Kier alpha value is -1.02. The molecule has 0 radical (unpaired) electrons. The molecular formula is C12H18O2. The first kappa shape index (κ1) is 11.1. The molecule has 78 valence electrons. The molecule has 0 aromatic heterocycles. The molecule has 1 aromatic rings. The van der Waals surface area contributed by atoms with Crippen LogP contribution in [0.1, 0.15) is 38.0 Å². The number of hydrogen-bond acceptors (Lipinski definition) is 2. The van der Waals surface area contributed by atoms with Crippen molar-refractivity contribution in [3.8, 4) is 5.75 Å². The first-order chi connectivity index (χ1) is 6.52. The minimum absolute atomic E-state index is 0.246. The molecular weight excluding hydrogens is 176 g/mol. The fourth-order valence-electron chi connectivity index (χ4n) is 1.55. The second-order valence-corrected chi connectivity index (χ2v) is 4.13. The van der Waals surface area contributed by atoms with Gasteiger partial charge in [0.1, 0.15) is 5.75 Å². The number of para-hydroxylation sites is 1. The van der Waals surface area contributed by atoms with E-state index in [1.54, 1.807) is 13.0 Å². The molecule has 0 saturated heterocycles. The van der Waals surface area contributed by atoms with Gasteiger partial charge in [-0.2, -0.15) is 0 Å². The summed E-state index contributed by atoms with van der Waals surface area (Å²) in [7, 11) is 0. The number of benzene rings is 1. The average molecular weight is 194 g/mol. The van der Waals surface area contributed by atoms with Crippen LogP contribution >= 0.6 is 0 Å². The largest absolute Gasteiger partial charge is 0.507 e. The van der Waals surface area contributed by atoms with Gasteiger partial charge >= 0.3 is 0 Å². The lowest BCUT2D eigenvalue weighted by Gasteiger charge is -2.12. The highest BCUT2D eigenvalue weighted by Gasteiger charge is 2.11. The molecule has 1 atom stereocenters. The molecule has 1 unspecified atom stereocenters. The van der Waals surface area contributed by atoms with E-state index in [-0.39, 0.29) is 5.75 Å². The minimum Gasteiger partial charge on any atom is -0.507 e. The Morgan fingerprint density at radius 1 is 1.21 bits per heavy atom. The lowest BCUT2D eigenvalue weighted by Crippen LogP contribution is -1.98. The first-order valence-corrected chi connectivity index (χ1v) is 5.01. The van der Waals surface area contributed by atoms with E-state index in [1.165, 1.54) is 0 Å². The van der Waals surface area contributed by atoms with Gasteiger partial charge in [0, 0.05) is 5.56 Å². The summed E-state index contributed by atoms with van der Waals surface area (Å²) in [6.07, 6.45) is 0.231. The molecule has 2 heteroatoms. The molecule has 0 bridgehead atoms. The highest BCUT2D eigenvalue weighted by Crippen LogP contribution is 2.29. The third-order valence-electron chi connectivity index (χ3n) is 2.23. The van der Waals surface area contributed by atoms with E-state index < -0.39 is 6.10 Å². The monoisotopic (exact) mass is 194 g/mol. The molecule has 1 rings (SSSR count). The van der Waals surface area contributed by atoms with Crippen molar-refractivity contribution in [3.63, 3.8) is 0 Å². The lowest BCUT2D eigenvalue weighted by molar-refractivity contribution is 0.194. The maximum Gasteiger partial charge on any atom is 0.124 e. The minimum atomic E-state index is -0.609. The second kappa shape index (κ2) is 4.47. The second-order valence-electron chi connectivity index (χ2n) is 4.13. The smallest absolute Gasteiger partial charge is 0.124 e. The van der Waals surface area contributed by atoms with Crippen LogP contribution in [0.25, 0.3) is 0 Å². The summed E-state index contributed by atoms with van der Waals surface area (Å²) in [6, 6.07) is 5.53. The van der Waals surface area contributed by atoms with Crippen molar-refractivity contribution in [2.45, 2.75) is 33.3 Å². The van der Waals surface area contributed by atoms with Gasteiger partial charge in [0.25, 0.3) is 0 Å². The Kier molecular flexibility index (Phi) is 3.53. The zero-order chi connectivity index (χ0) is 10.7. The van der Waals surface area contributed by atoms with Crippen molar-refractivity contribution >= 4 is 0 Å². The van der Waals surface area contributed by atoms with Crippen LogP contribution in [0.3, 0.4) is 0 Å². The van der Waals surface area contributed by atoms with Crippen LogP contribution in [0.15, 0.2) is 18.2 Å². The van der Waals surface area contributed by atoms with Gasteiger partial charge < -0.3 is 10.2 Å². The lowest BCUT2D eigenvalue weighted by atomic mass is 9.98. The van der Waals surface area contributed by atoms with E-state index in [0.29, 0.717) is 11.5 Å². The summed E-state index contributed by atoms with van der Waals surface area (Å²) in [5.41, 5.74) is 1.53. The fraction of sp³-hybridized carbons (Fsp3) is 0.500.